The van der Waals surface area contributed by atoms with Crippen molar-refractivity contribution >= 4 is 48.1 Å². The van der Waals surface area contributed by atoms with E-state index in [1.165, 1.54) is 31.4 Å². The molecule has 1 aromatic heterocycles. The van der Waals surface area contributed by atoms with Crippen molar-refractivity contribution in [2.75, 3.05) is 11.6 Å². The summed E-state index contributed by atoms with van der Waals surface area (Å²) in [5.41, 5.74) is 0. The molecule has 0 unspecified atom stereocenters. The molecular weight excluding hydrogens is 316 g/mol. The van der Waals surface area contributed by atoms with Crippen LogP contribution in [0.5, 0.6) is 0 Å². The van der Waals surface area contributed by atoms with E-state index in [1.807, 2.05) is 0 Å². The van der Waals surface area contributed by atoms with Gasteiger partial charge in [0.05, 0.1) is 9.98 Å². The van der Waals surface area contributed by atoms with Crippen LogP contribution in [-0.2, 0) is 14.6 Å². The molecule has 0 aliphatic rings. The van der Waals surface area contributed by atoms with Crippen LogP contribution in [0.15, 0.2) is 9.98 Å². The van der Waals surface area contributed by atoms with Gasteiger partial charge in [-0.2, -0.15) is 0 Å². The molecule has 0 fully saturated rings. The first-order chi connectivity index (χ1) is 7.14. The van der Waals surface area contributed by atoms with Crippen molar-refractivity contribution in [1.29, 1.82) is 0 Å². The van der Waals surface area contributed by atoms with E-state index in [0.29, 0.717) is 5.13 Å². The summed E-state index contributed by atoms with van der Waals surface area (Å²) in [6.45, 7) is 2.72. The largest absolute Gasteiger partial charge is 0.301 e. The average molecular weight is 327 g/mol. The van der Waals surface area contributed by atoms with Crippen LogP contribution in [0.3, 0.4) is 0 Å². The minimum absolute atomic E-state index is 0.369. The van der Waals surface area contributed by atoms with Crippen LogP contribution in [0.2, 0.25) is 0 Å². The Morgan fingerprint density at radius 2 is 2.12 bits per heavy atom. The van der Waals surface area contributed by atoms with Crippen molar-refractivity contribution in [3.63, 3.8) is 0 Å². The monoisotopic (exact) mass is 326 g/mol. The number of hydrogen-bond acceptors (Lipinski definition) is 5. The van der Waals surface area contributed by atoms with E-state index < -0.39 is 20.5 Å². The lowest BCUT2D eigenvalue weighted by molar-refractivity contribution is -0.117. The van der Waals surface area contributed by atoms with Crippen LogP contribution in [0.1, 0.15) is 13.8 Å². The summed E-state index contributed by atoms with van der Waals surface area (Å²) in [6.07, 6.45) is 2.57. The maximum absolute atomic E-state index is 11.8. The highest BCUT2D eigenvalue weighted by molar-refractivity contribution is 9.11. The molecule has 0 aliphatic carbocycles. The van der Waals surface area contributed by atoms with Gasteiger partial charge in [-0.1, -0.05) is 11.3 Å². The van der Waals surface area contributed by atoms with Gasteiger partial charge >= 0.3 is 0 Å². The number of amides is 1. The molecule has 0 saturated carbocycles. The van der Waals surface area contributed by atoms with Crippen LogP contribution < -0.4 is 5.32 Å². The van der Waals surface area contributed by atoms with Gasteiger partial charge < -0.3 is 5.32 Å². The van der Waals surface area contributed by atoms with Crippen molar-refractivity contribution in [2.24, 2.45) is 0 Å². The molecular formula is C8H11BrN2O3S2. The highest BCUT2D eigenvalue weighted by atomic mass is 79.9. The number of anilines is 1. The van der Waals surface area contributed by atoms with E-state index in [4.69, 9.17) is 0 Å². The topological polar surface area (TPSA) is 76.1 Å². The molecule has 90 valence electrons. The van der Waals surface area contributed by atoms with Gasteiger partial charge in [0.25, 0.3) is 0 Å². The number of thiazole rings is 1. The number of hydrogen-bond donors (Lipinski definition) is 1. The highest BCUT2D eigenvalue weighted by Gasteiger charge is 2.38. The minimum atomic E-state index is -3.46. The number of nitrogens with one attached hydrogen (secondary N) is 1. The molecule has 0 aliphatic heterocycles. The fourth-order valence-corrected chi connectivity index (χ4v) is 2.22. The molecule has 1 aromatic rings. The molecule has 8 heteroatoms. The molecule has 1 N–H and O–H groups in total. The van der Waals surface area contributed by atoms with E-state index >= 15 is 0 Å². The summed E-state index contributed by atoms with van der Waals surface area (Å²) in [5, 5.41) is 2.84. The maximum Gasteiger partial charge on any atom is 0.247 e. The first-order valence-electron chi connectivity index (χ1n) is 4.27. The van der Waals surface area contributed by atoms with Crippen molar-refractivity contribution in [3.8, 4) is 0 Å². The Labute approximate surface area is 106 Å². The predicted octanol–water partition coefficient (Wildman–Crippen LogP) is 1.67. The van der Waals surface area contributed by atoms with Crippen molar-refractivity contribution in [1.82, 2.24) is 4.98 Å². The lowest BCUT2D eigenvalue weighted by atomic mass is 10.2. The fraction of sp³-hybridized carbons (Fsp3) is 0.500. The molecule has 1 amide bonds. The zero-order chi connectivity index (χ0) is 12.6. The second kappa shape index (κ2) is 4.42. The first kappa shape index (κ1) is 13.6. The van der Waals surface area contributed by atoms with Crippen LogP contribution >= 0.6 is 27.3 Å². The SMILES string of the molecule is CC(C)(C(=O)Nc1ncc(Br)s1)S(C)(=O)=O. The molecule has 0 aromatic carbocycles. The molecule has 16 heavy (non-hydrogen) atoms. The third kappa shape index (κ3) is 2.80. The molecule has 0 atom stereocenters. The lowest BCUT2D eigenvalue weighted by Crippen LogP contribution is -2.43. The van der Waals surface area contributed by atoms with E-state index in [1.54, 1.807) is 0 Å². The van der Waals surface area contributed by atoms with Gasteiger partial charge in [-0.3, -0.25) is 4.79 Å². The van der Waals surface area contributed by atoms with Gasteiger partial charge in [0.15, 0.2) is 15.0 Å². The van der Waals surface area contributed by atoms with Gasteiger partial charge in [0.2, 0.25) is 5.91 Å². The summed E-state index contributed by atoms with van der Waals surface area (Å²) >= 11 is 4.42. The minimum Gasteiger partial charge on any atom is -0.301 e. The number of carbonyl (C=O) groups is 1. The Balaban J connectivity index is 2.89. The molecule has 0 saturated heterocycles. The second-order valence-corrected chi connectivity index (χ2v) is 8.68. The number of nitrogens with zero attached hydrogens (tertiary/aromatic N) is 1. The number of aromatic nitrogens is 1. The fourth-order valence-electron chi connectivity index (χ4n) is 0.728. The summed E-state index contributed by atoms with van der Waals surface area (Å²) in [6, 6.07) is 0. The van der Waals surface area contributed by atoms with Crippen LogP contribution in [-0.4, -0.2) is 30.3 Å². The number of carbonyl (C=O) groups excluding carboxylic acids is 1. The van der Waals surface area contributed by atoms with Gasteiger partial charge in [-0.25, -0.2) is 13.4 Å². The summed E-state index contributed by atoms with van der Waals surface area (Å²) in [5.74, 6) is -0.586. The molecule has 0 radical (unpaired) electrons. The Bertz CT molecular complexity index is 507. The summed E-state index contributed by atoms with van der Waals surface area (Å²) < 4.78 is 22.1. The maximum atomic E-state index is 11.8. The predicted molar refractivity (Wildman–Crippen MR) is 67.4 cm³/mol. The van der Waals surface area contributed by atoms with Crippen LogP contribution in [0, 0.1) is 0 Å². The van der Waals surface area contributed by atoms with Crippen molar-refractivity contribution in [2.45, 2.75) is 18.6 Å². The smallest absolute Gasteiger partial charge is 0.247 e. The van der Waals surface area contributed by atoms with Crippen LogP contribution in [0.4, 0.5) is 5.13 Å². The van der Waals surface area contributed by atoms with E-state index in [0.717, 1.165) is 10.0 Å². The average Bonchev–Trinajstić information content (AvgIpc) is 2.49. The molecule has 1 heterocycles. The Morgan fingerprint density at radius 1 is 1.56 bits per heavy atom. The number of halogens is 1. The third-order valence-electron chi connectivity index (χ3n) is 2.17. The van der Waals surface area contributed by atoms with Gasteiger partial charge in [-0.05, 0) is 29.8 Å². The Kier molecular flexibility index (Phi) is 3.76. The lowest BCUT2D eigenvalue weighted by Gasteiger charge is -2.20. The number of sulfone groups is 1. The van der Waals surface area contributed by atoms with E-state index in [-0.39, 0.29) is 0 Å². The van der Waals surface area contributed by atoms with Gasteiger partial charge in [-0.15, -0.1) is 0 Å². The third-order valence-corrected chi connectivity index (χ3v) is 5.60. The molecule has 0 bridgehead atoms. The molecule has 5 nitrogen and oxygen atoms in total. The van der Waals surface area contributed by atoms with Crippen LogP contribution in [0.25, 0.3) is 0 Å². The second-order valence-electron chi connectivity index (χ2n) is 3.71. The first-order valence-corrected chi connectivity index (χ1v) is 7.77. The van der Waals surface area contributed by atoms with E-state index in [2.05, 4.69) is 26.2 Å². The normalized spacial score (nSPS) is 12.5. The number of rotatable bonds is 3. The van der Waals surface area contributed by atoms with Gasteiger partial charge in [0.1, 0.15) is 4.75 Å². The molecule has 1 rings (SSSR count). The standard InChI is InChI=1S/C8H11BrN2O3S2/c1-8(2,16(3,13)14)6(12)11-7-10-4-5(9)15-7/h4H,1-3H3,(H,10,11,12). The zero-order valence-electron chi connectivity index (χ0n) is 8.94. The molecule has 0 spiro atoms. The summed E-state index contributed by atoms with van der Waals surface area (Å²) in [4.78, 5) is 15.6. The Morgan fingerprint density at radius 3 is 2.50 bits per heavy atom. The highest BCUT2D eigenvalue weighted by Crippen LogP contribution is 2.25. The Hall–Kier alpha value is -0.470. The zero-order valence-corrected chi connectivity index (χ0v) is 12.2. The van der Waals surface area contributed by atoms with Crippen molar-refractivity contribution in [3.05, 3.63) is 9.98 Å². The van der Waals surface area contributed by atoms with Gasteiger partial charge in [0, 0.05) is 6.26 Å². The van der Waals surface area contributed by atoms with E-state index in [9.17, 15) is 13.2 Å². The van der Waals surface area contributed by atoms with Crippen molar-refractivity contribution < 1.29 is 13.2 Å². The summed E-state index contributed by atoms with van der Waals surface area (Å²) in [7, 11) is -3.46. The quantitative estimate of drug-likeness (QED) is 0.916.